The van der Waals surface area contributed by atoms with E-state index in [1.807, 2.05) is 23.7 Å². The van der Waals surface area contributed by atoms with Gasteiger partial charge >= 0.3 is 0 Å². The summed E-state index contributed by atoms with van der Waals surface area (Å²) in [5.74, 6) is 0. The van der Waals surface area contributed by atoms with E-state index in [9.17, 15) is 0 Å². The van der Waals surface area contributed by atoms with Crippen LogP contribution >= 0.6 is 11.3 Å². The summed E-state index contributed by atoms with van der Waals surface area (Å²) in [6.07, 6.45) is 3.82. The maximum absolute atomic E-state index is 4.26. The van der Waals surface area contributed by atoms with E-state index in [0.717, 1.165) is 0 Å². The van der Waals surface area contributed by atoms with E-state index in [4.69, 9.17) is 0 Å². The molecule has 0 amide bonds. The van der Waals surface area contributed by atoms with Crippen molar-refractivity contribution in [1.82, 2.24) is 4.98 Å². The van der Waals surface area contributed by atoms with Crippen LogP contribution in [0.25, 0.3) is 52.5 Å². The molecular weight excluding hydrogens is 322 g/mol. The second-order valence-electron chi connectivity index (χ2n) is 6.53. The van der Waals surface area contributed by atoms with Gasteiger partial charge in [0.25, 0.3) is 0 Å². The Morgan fingerprint density at radius 3 is 2.32 bits per heavy atom. The van der Waals surface area contributed by atoms with Crippen molar-refractivity contribution in [2.24, 2.45) is 0 Å². The van der Waals surface area contributed by atoms with Crippen molar-refractivity contribution < 1.29 is 0 Å². The number of fused-ring (bicyclic) bond motifs is 7. The summed E-state index contributed by atoms with van der Waals surface area (Å²) in [4.78, 5) is 4.26. The van der Waals surface area contributed by atoms with Crippen molar-refractivity contribution in [3.05, 3.63) is 79.1 Å². The first kappa shape index (κ1) is 13.3. The minimum absolute atomic E-state index is 1.20. The molecule has 0 unspecified atom stereocenters. The van der Waals surface area contributed by atoms with Gasteiger partial charge in [-0.15, -0.1) is 11.3 Å². The predicted octanol–water partition coefficient (Wildman–Crippen LogP) is 6.91. The molecule has 116 valence electrons. The number of benzene rings is 4. The fraction of sp³-hybridized carbons (Fsp3) is 0. The van der Waals surface area contributed by atoms with Crippen LogP contribution < -0.4 is 0 Å². The molecule has 25 heavy (non-hydrogen) atoms. The van der Waals surface area contributed by atoms with E-state index < -0.39 is 0 Å². The Labute approximate surface area is 148 Å². The first-order valence-electron chi connectivity index (χ1n) is 8.38. The van der Waals surface area contributed by atoms with E-state index in [0.29, 0.717) is 0 Å². The van der Waals surface area contributed by atoms with Gasteiger partial charge in [-0.25, -0.2) is 0 Å². The molecule has 2 aromatic heterocycles. The van der Waals surface area contributed by atoms with Crippen LogP contribution in [-0.4, -0.2) is 4.98 Å². The van der Waals surface area contributed by atoms with Crippen LogP contribution in [0, 0.1) is 0 Å². The second kappa shape index (κ2) is 4.78. The van der Waals surface area contributed by atoms with Crippen molar-refractivity contribution in [2.75, 3.05) is 0 Å². The average Bonchev–Trinajstić information content (AvgIpc) is 3.02. The Morgan fingerprint density at radius 1 is 0.600 bits per heavy atom. The van der Waals surface area contributed by atoms with Gasteiger partial charge in [0.05, 0.1) is 0 Å². The quantitative estimate of drug-likeness (QED) is 0.275. The molecular formula is C23H13NS. The number of hydrogen-bond acceptors (Lipinski definition) is 2. The van der Waals surface area contributed by atoms with E-state index >= 15 is 0 Å². The molecule has 0 atom stereocenters. The highest BCUT2D eigenvalue weighted by molar-refractivity contribution is 7.26. The Kier molecular flexibility index (Phi) is 2.55. The minimum Gasteiger partial charge on any atom is -0.264 e. The lowest BCUT2D eigenvalue weighted by molar-refractivity contribution is 1.37. The normalized spacial score (nSPS) is 12.0. The van der Waals surface area contributed by atoms with Crippen LogP contribution in [0.4, 0.5) is 0 Å². The molecule has 6 aromatic rings. The molecule has 0 aliphatic heterocycles. The number of thiophene rings is 1. The standard InChI is InChI=1S/C23H13NS/c1-2-4-15-10-19-17(9-14(15)3-1)5-6-21-23(19)20-11-16-7-8-24-13-18(16)12-22(20)25-21/h1-13H. The molecule has 2 heterocycles. The molecule has 6 rings (SSSR count). The molecule has 0 saturated heterocycles. The Balaban J connectivity index is 1.86. The lowest BCUT2D eigenvalue weighted by Crippen LogP contribution is -1.78. The van der Waals surface area contributed by atoms with Gasteiger partial charge in [-0.1, -0.05) is 30.3 Å². The maximum atomic E-state index is 4.26. The highest BCUT2D eigenvalue weighted by atomic mass is 32.1. The van der Waals surface area contributed by atoms with Gasteiger partial charge in [-0.3, -0.25) is 4.98 Å². The monoisotopic (exact) mass is 335 g/mol. The van der Waals surface area contributed by atoms with Gasteiger partial charge in [0.15, 0.2) is 0 Å². The highest BCUT2D eigenvalue weighted by Crippen LogP contribution is 2.41. The fourth-order valence-corrected chi connectivity index (χ4v) is 5.02. The van der Waals surface area contributed by atoms with Crippen LogP contribution in [0.5, 0.6) is 0 Å². The van der Waals surface area contributed by atoms with Crippen LogP contribution in [0.15, 0.2) is 79.1 Å². The molecule has 0 saturated carbocycles. The predicted molar refractivity (Wildman–Crippen MR) is 110 cm³/mol. The zero-order valence-electron chi connectivity index (χ0n) is 13.4. The first-order chi connectivity index (χ1) is 12.4. The van der Waals surface area contributed by atoms with Crippen LogP contribution in [0.2, 0.25) is 0 Å². The minimum atomic E-state index is 1.20. The zero-order valence-corrected chi connectivity index (χ0v) is 14.2. The topological polar surface area (TPSA) is 12.9 Å². The third kappa shape index (κ3) is 1.86. The summed E-state index contributed by atoms with van der Waals surface area (Å²) in [6.45, 7) is 0. The number of rotatable bonds is 0. The van der Waals surface area contributed by atoms with E-state index in [1.165, 1.54) is 52.5 Å². The SMILES string of the molecule is c1ccc2cc3c(ccc4sc5cc6cnccc6cc5c43)cc2c1. The third-order valence-corrected chi connectivity index (χ3v) is 6.19. The van der Waals surface area contributed by atoms with Gasteiger partial charge in [0, 0.05) is 38.0 Å². The zero-order chi connectivity index (χ0) is 16.4. The molecule has 0 fully saturated rings. The van der Waals surface area contributed by atoms with E-state index in [-0.39, 0.29) is 0 Å². The highest BCUT2D eigenvalue weighted by Gasteiger charge is 2.11. The number of aromatic nitrogens is 1. The lowest BCUT2D eigenvalue weighted by Gasteiger charge is -2.05. The van der Waals surface area contributed by atoms with Gasteiger partial charge in [0.2, 0.25) is 0 Å². The molecule has 0 radical (unpaired) electrons. The first-order valence-corrected chi connectivity index (χ1v) is 9.20. The molecule has 0 spiro atoms. The number of pyridine rings is 1. The number of hydrogen-bond donors (Lipinski definition) is 0. The van der Waals surface area contributed by atoms with Crippen molar-refractivity contribution in [3.63, 3.8) is 0 Å². The lowest BCUT2D eigenvalue weighted by atomic mass is 9.99. The summed E-state index contributed by atoms with van der Waals surface area (Å²) in [6, 6.07) is 24.4. The van der Waals surface area contributed by atoms with E-state index in [1.54, 1.807) is 0 Å². The molecule has 0 N–H and O–H groups in total. The maximum Gasteiger partial charge on any atom is 0.0362 e. The molecule has 0 bridgehead atoms. The van der Waals surface area contributed by atoms with Gasteiger partial charge in [0.1, 0.15) is 0 Å². The smallest absolute Gasteiger partial charge is 0.0362 e. The van der Waals surface area contributed by atoms with Gasteiger partial charge in [-0.2, -0.15) is 0 Å². The van der Waals surface area contributed by atoms with E-state index in [2.05, 4.69) is 71.7 Å². The fourth-order valence-electron chi connectivity index (χ4n) is 3.87. The summed E-state index contributed by atoms with van der Waals surface area (Å²) < 4.78 is 2.68. The second-order valence-corrected chi connectivity index (χ2v) is 7.62. The molecule has 0 aliphatic carbocycles. The Bertz CT molecular complexity index is 1430. The van der Waals surface area contributed by atoms with Gasteiger partial charge < -0.3 is 0 Å². The average molecular weight is 335 g/mol. The van der Waals surface area contributed by atoms with Crippen LogP contribution in [-0.2, 0) is 0 Å². The largest absolute Gasteiger partial charge is 0.264 e. The van der Waals surface area contributed by atoms with Crippen LogP contribution in [0.1, 0.15) is 0 Å². The molecule has 4 aromatic carbocycles. The summed E-state index contributed by atoms with van der Waals surface area (Å²) in [7, 11) is 0. The molecule has 1 nitrogen and oxygen atoms in total. The molecule has 2 heteroatoms. The van der Waals surface area contributed by atoms with Crippen molar-refractivity contribution in [1.29, 1.82) is 0 Å². The summed E-state index contributed by atoms with van der Waals surface area (Å²) in [5, 5.41) is 10.4. The van der Waals surface area contributed by atoms with Crippen molar-refractivity contribution in [3.8, 4) is 0 Å². The van der Waals surface area contributed by atoms with Gasteiger partial charge in [-0.05, 0) is 63.3 Å². The van der Waals surface area contributed by atoms with Crippen molar-refractivity contribution >= 4 is 63.8 Å². The third-order valence-electron chi connectivity index (χ3n) is 5.08. The summed E-state index contributed by atoms with van der Waals surface area (Å²) >= 11 is 1.87. The Morgan fingerprint density at radius 2 is 1.40 bits per heavy atom. The summed E-state index contributed by atoms with van der Waals surface area (Å²) in [5.41, 5.74) is 0. The number of nitrogens with zero attached hydrogens (tertiary/aromatic N) is 1. The van der Waals surface area contributed by atoms with Crippen LogP contribution in [0.3, 0.4) is 0 Å². The molecule has 0 aliphatic rings. The Hall–Kier alpha value is -2.97. The van der Waals surface area contributed by atoms with Crippen molar-refractivity contribution in [2.45, 2.75) is 0 Å².